The first-order valence-corrected chi connectivity index (χ1v) is 10.2. The third-order valence-electron chi connectivity index (χ3n) is 3.85. The van der Waals surface area contributed by atoms with Crippen LogP contribution in [0.4, 0.5) is 5.82 Å². The first-order valence-electron chi connectivity index (χ1n) is 8.00. The highest BCUT2D eigenvalue weighted by Gasteiger charge is 2.33. The molecule has 3 N–H and O–H groups in total. The zero-order valence-electron chi connectivity index (χ0n) is 14.3. The van der Waals surface area contributed by atoms with Gasteiger partial charge in [-0.3, -0.25) is 9.59 Å². The van der Waals surface area contributed by atoms with Crippen molar-refractivity contribution in [1.29, 1.82) is 0 Å². The number of hydrogen-bond acceptors (Lipinski definition) is 6. The second kappa shape index (κ2) is 7.29. The maximum Gasteiger partial charge on any atom is 0.314 e. The highest BCUT2D eigenvalue weighted by molar-refractivity contribution is 7.90. The second-order valence-corrected chi connectivity index (χ2v) is 8.71. The standard InChI is InChI=1S/C16H17ClN4O5S/c1-9(22)6-18-15(23)16(24)19-14-12-7-27(25,26)8-13(12)20-21(14)11-4-2-10(17)3-5-11/h2-5,9,22H,6-8H2,1H3,(H,18,23)(H,19,24)/t9-/m1/s1. The number of sulfone groups is 1. The lowest BCUT2D eigenvalue weighted by Gasteiger charge is -2.11. The van der Waals surface area contributed by atoms with Gasteiger partial charge in [-0.15, -0.1) is 0 Å². The highest BCUT2D eigenvalue weighted by Crippen LogP contribution is 2.33. The van der Waals surface area contributed by atoms with E-state index in [9.17, 15) is 23.1 Å². The number of nitrogens with one attached hydrogen (secondary N) is 2. The van der Waals surface area contributed by atoms with Gasteiger partial charge < -0.3 is 15.7 Å². The molecule has 11 heteroatoms. The maximum atomic E-state index is 12.2. The predicted molar refractivity (Wildman–Crippen MR) is 98.2 cm³/mol. The molecule has 0 saturated carbocycles. The number of nitrogens with zero attached hydrogens (tertiary/aromatic N) is 2. The Bertz CT molecular complexity index is 999. The van der Waals surface area contributed by atoms with Gasteiger partial charge in [0.05, 0.1) is 29.0 Å². The highest BCUT2D eigenvalue weighted by atomic mass is 35.5. The number of anilines is 1. The molecule has 27 heavy (non-hydrogen) atoms. The quantitative estimate of drug-likeness (QED) is 0.623. The Balaban J connectivity index is 1.94. The van der Waals surface area contributed by atoms with Crippen molar-refractivity contribution in [2.75, 3.05) is 11.9 Å². The largest absolute Gasteiger partial charge is 0.392 e. The van der Waals surface area contributed by atoms with E-state index in [0.29, 0.717) is 22.0 Å². The molecule has 1 aromatic carbocycles. The molecule has 0 spiro atoms. The molecule has 1 aliphatic rings. The molecule has 9 nitrogen and oxygen atoms in total. The molecule has 0 unspecified atom stereocenters. The van der Waals surface area contributed by atoms with Crippen molar-refractivity contribution in [2.24, 2.45) is 0 Å². The molecule has 1 aliphatic heterocycles. The summed E-state index contributed by atoms with van der Waals surface area (Å²) >= 11 is 5.89. The number of fused-ring (bicyclic) bond motifs is 1. The van der Waals surface area contributed by atoms with Crippen molar-refractivity contribution in [2.45, 2.75) is 24.5 Å². The summed E-state index contributed by atoms with van der Waals surface area (Å²) in [5, 5.41) is 18.7. The third-order valence-corrected chi connectivity index (χ3v) is 5.55. The number of carbonyl (C=O) groups is 2. The summed E-state index contributed by atoms with van der Waals surface area (Å²) in [4.78, 5) is 24.1. The molecule has 144 valence electrons. The topological polar surface area (TPSA) is 130 Å². The summed E-state index contributed by atoms with van der Waals surface area (Å²) in [6, 6.07) is 6.56. The summed E-state index contributed by atoms with van der Waals surface area (Å²) in [5.74, 6) is -2.33. The van der Waals surface area contributed by atoms with E-state index < -0.39 is 27.8 Å². The van der Waals surface area contributed by atoms with E-state index in [4.69, 9.17) is 11.6 Å². The molecule has 2 amide bonds. The van der Waals surface area contributed by atoms with E-state index in [1.165, 1.54) is 11.6 Å². The molecule has 1 atom stereocenters. The Morgan fingerprint density at radius 1 is 1.26 bits per heavy atom. The molecule has 0 radical (unpaired) electrons. The number of benzene rings is 1. The van der Waals surface area contributed by atoms with Gasteiger partial charge in [0.2, 0.25) is 0 Å². The Labute approximate surface area is 160 Å². The van der Waals surface area contributed by atoms with Crippen molar-refractivity contribution in [3.63, 3.8) is 0 Å². The zero-order chi connectivity index (χ0) is 19.8. The Morgan fingerprint density at radius 3 is 2.56 bits per heavy atom. The van der Waals surface area contributed by atoms with Gasteiger partial charge in [0.1, 0.15) is 5.82 Å². The summed E-state index contributed by atoms with van der Waals surface area (Å²) in [6.07, 6.45) is -0.810. The number of hydrogen-bond donors (Lipinski definition) is 3. The van der Waals surface area contributed by atoms with Crippen LogP contribution < -0.4 is 10.6 Å². The Morgan fingerprint density at radius 2 is 1.93 bits per heavy atom. The molecule has 3 rings (SSSR count). The summed E-state index contributed by atoms with van der Waals surface area (Å²) in [5.41, 5.74) is 1.22. The van der Waals surface area contributed by atoms with E-state index in [1.54, 1.807) is 24.3 Å². The van der Waals surface area contributed by atoms with Crippen LogP contribution in [0.15, 0.2) is 24.3 Å². The van der Waals surface area contributed by atoms with E-state index in [-0.39, 0.29) is 23.9 Å². The fourth-order valence-corrected chi connectivity index (χ4v) is 4.24. The first-order chi connectivity index (χ1) is 12.7. The summed E-state index contributed by atoms with van der Waals surface area (Å²) in [7, 11) is -3.35. The van der Waals surface area contributed by atoms with Gasteiger partial charge in [-0.1, -0.05) is 11.6 Å². The van der Waals surface area contributed by atoms with Crippen LogP contribution in [-0.4, -0.2) is 47.8 Å². The van der Waals surface area contributed by atoms with Gasteiger partial charge in [0.15, 0.2) is 9.84 Å². The maximum absolute atomic E-state index is 12.2. The monoisotopic (exact) mass is 412 g/mol. The number of aliphatic hydroxyl groups excluding tert-OH is 1. The lowest BCUT2D eigenvalue weighted by Crippen LogP contribution is -2.39. The van der Waals surface area contributed by atoms with E-state index in [0.717, 1.165) is 0 Å². The van der Waals surface area contributed by atoms with E-state index >= 15 is 0 Å². The van der Waals surface area contributed by atoms with Gasteiger partial charge >= 0.3 is 11.8 Å². The molecule has 2 aromatic rings. The van der Waals surface area contributed by atoms with Crippen LogP contribution in [0.2, 0.25) is 5.02 Å². The van der Waals surface area contributed by atoms with Crippen molar-refractivity contribution < 1.29 is 23.1 Å². The molecular weight excluding hydrogens is 396 g/mol. The van der Waals surface area contributed by atoms with Crippen LogP contribution >= 0.6 is 11.6 Å². The van der Waals surface area contributed by atoms with Crippen molar-refractivity contribution in [1.82, 2.24) is 15.1 Å². The number of rotatable bonds is 4. The summed E-state index contributed by atoms with van der Waals surface area (Å²) < 4.78 is 25.2. The van der Waals surface area contributed by atoms with Gasteiger partial charge in [-0.05, 0) is 31.2 Å². The molecule has 0 saturated heterocycles. The fraction of sp³-hybridized carbons (Fsp3) is 0.312. The number of carbonyl (C=O) groups excluding carboxylic acids is 2. The van der Waals surface area contributed by atoms with Crippen LogP contribution in [0.3, 0.4) is 0 Å². The smallest absolute Gasteiger partial charge is 0.314 e. The van der Waals surface area contributed by atoms with Gasteiger partial charge in [0.25, 0.3) is 0 Å². The third kappa shape index (κ3) is 4.29. The molecule has 1 aromatic heterocycles. The SMILES string of the molecule is C[C@@H](O)CNC(=O)C(=O)Nc1c2c(nn1-c1ccc(Cl)cc1)CS(=O)(=O)C2. The van der Waals surface area contributed by atoms with Gasteiger partial charge in [0, 0.05) is 17.1 Å². The minimum absolute atomic E-state index is 0.0881. The number of aliphatic hydroxyl groups is 1. The molecule has 2 heterocycles. The Kier molecular flexibility index (Phi) is 5.22. The number of amides is 2. The average molecular weight is 413 g/mol. The number of aromatic nitrogens is 2. The predicted octanol–water partition coefficient (Wildman–Crippen LogP) is 0.390. The van der Waals surface area contributed by atoms with Crippen molar-refractivity contribution >= 4 is 39.1 Å². The van der Waals surface area contributed by atoms with E-state index in [1.807, 2.05) is 0 Å². The van der Waals surface area contributed by atoms with Crippen LogP contribution in [0.5, 0.6) is 0 Å². The van der Waals surface area contributed by atoms with Gasteiger partial charge in [-0.25, -0.2) is 13.1 Å². The van der Waals surface area contributed by atoms with Crippen LogP contribution in [-0.2, 0) is 30.9 Å². The minimum atomic E-state index is -3.35. The zero-order valence-corrected chi connectivity index (χ0v) is 15.8. The summed E-state index contributed by atoms with van der Waals surface area (Å²) in [6.45, 7) is 1.38. The molecular formula is C16H17ClN4O5S. The first kappa shape index (κ1) is 19.3. The van der Waals surface area contributed by atoms with E-state index in [2.05, 4.69) is 15.7 Å². The van der Waals surface area contributed by atoms with Crippen LogP contribution in [0.25, 0.3) is 5.69 Å². The van der Waals surface area contributed by atoms with Crippen molar-refractivity contribution in [3.05, 3.63) is 40.5 Å². The molecule has 0 bridgehead atoms. The fourth-order valence-electron chi connectivity index (χ4n) is 2.62. The average Bonchev–Trinajstić information content (AvgIpc) is 3.06. The van der Waals surface area contributed by atoms with Crippen molar-refractivity contribution in [3.8, 4) is 5.69 Å². The normalized spacial score (nSPS) is 15.8. The Hall–Kier alpha value is -2.43. The van der Waals surface area contributed by atoms with Crippen LogP contribution in [0, 0.1) is 0 Å². The van der Waals surface area contributed by atoms with Gasteiger partial charge in [-0.2, -0.15) is 5.10 Å². The van der Waals surface area contributed by atoms with Crippen LogP contribution in [0.1, 0.15) is 18.2 Å². The molecule has 0 fully saturated rings. The second-order valence-electron chi connectivity index (χ2n) is 6.21. The molecule has 0 aliphatic carbocycles. The lowest BCUT2D eigenvalue weighted by atomic mass is 10.2. The lowest BCUT2D eigenvalue weighted by molar-refractivity contribution is -0.136. The minimum Gasteiger partial charge on any atom is -0.392 e. The number of halogens is 1.